The molecule has 2 unspecified atom stereocenters. The Morgan fingerprint density at radius 1 is 0.310 bits per heavy atom. The lowest BCUT2D eigenvalue weighted by molar-refractivity contribution is 0.663. The van der Waals surface area contributed by atoms with Gasteiger partial charge in [0.05, 0.1) is 0 Å². The molecule has 0 radical (unpaired) electrons. The minimum atomic E-state index is 0.383. The van der Waals surface area contributed by atoms with Crippen molar-refractivity contribution in [1.29, 1.82) is 0 Å². The van der Waals surface area contributed by atoms with Gasteiger partial charge < -0.3 is 0 Å². The van der Waals surface area contributed by atoms with Crippen LogP contribution >= 0.6 is 0 Å². The molecular weight excluding hydrogens is 697 g/mol. The van der Waals surface area contributed by atoms with Gasteiger partial charge in [-0.3, -0.25) is 0 Å². The van der Waals surface area contributed by atoms with Crippen molar-refractivity contribution < 1.29 is 0 Å². The largest absolute Gasteiger partial charge is 0.0767 e. The second-order valence-corrected chi connectivity index (χ2v) is 15.6. The minimum absolute atomic E-state index is 0.383. The molecule has 2 aliphatic rings. The number of hydrogen-bond donors (Lipinski definition) is 0. The number of fused-ring (bicyclic) bond motifs is 4. The topological polar surface area (TPSA) is 0 Å². The summed E-state index contributed by atoms with van der Waals surface area (Å²) in [5, 5.41) is 7.54. The molecule has 0 heterocycles. The van der Waals surface area contributed by atoms with Gasteiger partial charge in [0.15, 0.2) is 0 Å². The molecule has 2 atom stereocenters. The van der Waals surface area contributed by atoms with E-state index >= 15 is 0 Å². The first-order chi connectivity index (χ1) is 28.8. The number of benzene rings is 9. The van der Waals surface area contributed by atoms with E-state index in [4.69, 9.17) is 0 Å². The summed E-state index contributed by atoms with van der Waals surface area (Å²) >= 11 is 0. The van der Waals surface area contributed by atoms with Crippen molar-refractivity contribution in [2.75, 3.05) is 0 Å². The monoisotopic (exact) mass is 736 g/mol. The van der Waals surface area contributed by atoms with E-state index in [-0.39, 0.29) is 0 Å². The van der Waals surface area contributed by atoms with Crippen molar-refractivity contribution in [3.05, 3.63) is 236 Å². The Bertz CT molecular complexity index is 3160. The van der Waals surface area contributed by atoms with Crippen LogP contribution in [0.1, 0.15) is 5.56 Å². The average molecular weight is 737 g/mol. The molecule has 0 aliphatic heterocycles. The van der Waals surface area contributed by atoms with Crippen LogP contribution in [-0.4, -0.2) is 0 Å². The Hall–Kier alpha value is -7.28. The predicted molar refractivity (Wildman–Crippen MR) is 249 cm³/mol. The number of rotatable bonds is 6. The lowest BCUT2D eigenvalue weighted by atomic mass is 9.80. The Morgan fingerprint density at radius 2 is 0.828 bits per heavy atom. The molecule has 0 nitrogen and oxygen atoms in total. The summed E-state index contributed by atoms with van der Waals surface area (Å²) < 4.78 is 0. The van der Waals surface area contributed by atoms with E-state index in [2.05, 4.69) is 231 Å². The zero-order valence-electron chi connectivity index (χ0n) is 32.1. The first kappa shape index (κ1) is 34.0. The van der Waals surface area contributed by atoms with Crippen LogP contribution in [0.5, 0.6) is 0 Å². The third-order valence-electron chi connectivity index (χ3n) is 12.1. The summed E-state index contributed by atoms with van der Waals surface area (Å²) in [6, 6.07) is 69.5. The van der Waals surface area contributed by atoms with Crippen LogP contribution in [0, 0.1) is 11.8 Å². The summed E-state index contributed by atoms with van der Waals surface area (Å²) in [6.45, 7) is 0. The fourth-order valence-electron chi connectivity index (χ4n) is 9.39. The Kier molecular flexibility index (Phi) is 8.41. The van der Waals surface area contributed by atoms with Crippen molar-refractivity contribution in [2.45, 2.75) is 0 Å². The van der Waals surface area contributed by atoms with Crippen LogP contribution in [0.4, 0.5) is 0 Å². The highest BCUT2D eigenvalue weighted by atomic mass is 14.3. The van der Waals surface area contributed by atoms with Crippen LogP contribution in [0.15, 0.2) is 231 Å². The first-order valence-electron chi connectivity index (χ1n) is 20.3. The summed E-state index contributed by atoms with van der Waals surface area (Å²) in [5.41, 5.74) is 14.8. The van der Waals surface area contributed by atoms with Gasteiger partial charge in [-0.05, 0) is 117 Å². The zero-order valence-corrected chi connectivity index (χ0v) is 32.1. The normalized spacial score (nSPS) is 15.8. The van der Waals surface area contributed by atoms with Gasteiger partial charge >= 0.3 is 0 Å². The van der Waals surface area contributed by atoms with Gasteiger partial charge in [0.1, 0.15) is 0 Å². The number of allylic oxidation sites excluding steroid dienone is 8. The molecule has 0 amide bonds. The molecule has 0 bridgehead atoms. The van der Waals surface area contributed by atoms with E-state index in [1.54, 1.807) is 0 Å². The third kappa shape index (κ3) is 5.94. The van der Waals surface area contributed by atoms with Crippen LogP contribution < -0.4 is 0 Å². The molecule has 58 heavy (non-hydrogen) atoms. The molecule has 0 N–H and O–H groups in total. The van der Waals surface area contributed by atoms with Crippen LogP contribution in [-0.2, 0) is 0 Å². The molecule has 0 saturated heterocycles. The average Bonchev–Trinajstić information content (AvgIpc) is 3.30. The van der Waals surface area contributed by atoms with Gasteiger partial charge in [-0.2, -0.15) is 0 Å². The van der Waals surface area contributed by atoms with Gasteiger partial charge in [0.2, 0.25) is 0 Å². The second-order valence-electron chi connectivity index (χ2n) is 15.6. The maximum absolute atomic E-state index is 2.43. The summed E-state index contributed by atoms with van der Waals surface area (Å²) in [6.07, 6.45) is 16.1. The van der Waals surface area contributed by atoms with E-state index in [0.29, 0.717) is 11.8 Å². The molecular formula is C58H40. The first-order valence-corrected chi connectivity index (χ1v) is 20.3. The lowest BCUT2D eigenvalue weighted by Gasteiger charge is -2.24. The van der Waals surface area contributed by atoms with Gasteiger partial charge in [-0.15, -0.1) is 0 Å². The SMILES string of the molecule is C1=CC2C=CC(c3cccc(-c4cccc5c(-c6ccccc6)c6cccc(-c7cccc(-c8ccc9ccccc9c8)c7)c6c(-c6ccccc6)c45)c3)=CC2C=C1. The van der Waals surface area contributed by atoms with E-state index in [1.807, 2.05) is 0 Å². The lowest BCUT2D eigenvalue weighted by Crippen LogP contribution is -2.11. The summed E-state index contributed by atoms with van der Waals surface area (Å²) in [4.78, 5) is 0. The molecule has 272 valence electrons. The Labute approximate surface area is 340 Å². The number of hydrogen-bond acceptors (Lipinski definition) is 0. The molecule has 0 spiro atoms. The quantitative estimate of drug-likeness (QED) is 0.149. The molecule has 0 fully saturated rings. The zero-order chi connectivity index (χ0) is 38.4. The van der Waals surface area contributed by atoms with Crippen molar-refractivity contribution in [3.63, 3.8) is 0 Å². The maximum atomic E-state index is 2.43. The molecule has 11 rings (SSSR count). The molecule has 9 aromatic rings. The van der Waals surface area contributed by atoms with E-state index in [0.717, 1.165) is 0 Å². The molecule has 0 saturated carbocycles. The third-order valence-corrected chi connectivity index (χ3v) is 12.1. The van der Waals surface area contributed by atoms with Gasteiger partial charge in [0, 0.05) is 11.8 Å². The van der Waals surface area contributed by atoms with Crippen LogP contribution in [0.25, 0.3) is 93.5 Å². The standard InChI is InChI=1S/C58H40/c1-3-17-41(18-4-1)55-53-29-13-27-51(49-25-11-23-45(37-49)47-33-31-39-15-7-9-21-43(39)35-47)57(53)56(42-19-5-2-6-20-42)58-52(28-14-30-54(55)58)50-26-12-24-46(38-50)48-34-32-40-16-8-10-22-44(40)36-48/h1-39,43H. The smallest absolute Gasteiger partial charge is 0.00567 e. The highest BCUT2D eigenvalue weighted by Gasteiger charge is 2.23. The maximum Gasteiger partial charge on any atom is 0.00567 e. The minimum Gasteiger partial charge on any atom is -0.0767 e. The van der Waals surface area contributed by atoms with E-state index in [1.165, 1.54) is 99.1 Å². The van der Waals surface area contributed by atoms with Crippen molar-refractivity contribution >= 4 is 37.9 Å². The molecule has 0 heteroatoms. The summed E-state index contributed by atoms with van der Waals surface area (Å²) in [7, 11) is 0. The van der Waals surface area contributed by atoms with Gasteiger partial charge in [-0.1, -0.05) is 212 Å². The van der Waals surface area contributed by atoms with Crippen molar-refractivity contribution in [1.82, 2.24) is 0 Å². The molecule has 2 aliphatic carbocycles. The van der Waals surface area contributed by atoms with E-state index < -0.39 is 0 Å². The Morgan fingerprint density at radius 3 is 1.52 bits per heavy atom. The Balaban J connectivity index is 1.20. The predicted octanol–water partition coefficient (Wildman–Crippen LogP) is 15.8. The second kappa shape index (κ2) is 14.3. The molecule has 0 aromatic heterocycles. The van der Waals surface area contributed by atoms with Crippen LogP contribution in [0.2, 0.25) is 0 Å². The highest BCUT2D eigenvalue weighted by molar-refractivity contribution is 6.27. The van der Waals surface area contributed by atoms with Crippen molar-refractivity contribution in [3.8, 4) is 55.6 Å². The van der Waals surface area contributed by atoms with Gasteiger partial charge in [-0.25, -0.2) is 0 Å². The fraction of sp³-hybridized carbons (Fsp3) is 0.0345. The molecule has 9 aromatic carbocycles. The van der Waals surface area contributed by atoms with E-state index in [9.17, 15) is 0 Å². The van der Waals surface area contributed by atoms with Crippen molar-refractivity contribution in [2.24, 2.45) is 11.8 Å². The fourth-order valence-corrected chi connectivity index (χ4v) is 9.39. The summed E-state index contributed by atoms with van der Waals surface area (Å²) in [5.74, 6) is 0.810. The van der Waals surface area contributed by atoms with Crippen LogP contribution in [0.3, 0.4) is 0 Å². The van der Waals surface area contributed by atoms with Gasteiger partial charge in [0.25, 0.3) is 0 Å². The highest BCUT2D eigenvalue weighted by Crippen LogP contribution is 2.50.